The van der Waals surface area contributed by atoms with E-state index in [9.17, 15) is 0 Å². The maximum absolute atomic E-state index is 5.81. The number of methoxy groups -OCH3 is 1. The normalized spacial score (nSPS) is 14.4. The number of para-hydroxylation sites is 3. The number of rotatable bonds is 3. The van der Waals surface area contributed by atoms with Crippen LogP contribution in [0.15, 0.2) is 94.9 Å². The van der Waals surface area contributed by atoms with Crippen LogP contribution in [-0.2, 0) is 0 Å². The number of thioether (sulfide) groups is 1. The Morgan fingerprint density at radius 3 is 2.41 bits per heavy atom. The van der Waals surface area contributed by atoms with Gasteiger partial charge in [0.1, 0.15) is 0 Å². The number of pyridine rings is 1. The zero-order chi connectivity index (χ0) is 19.8. The predicted octanol–water partition coefficient (Wildman–Crippen LogP) is 5.67. The van der Waals surface area contributed by atoms with Crippen molar-refractivity contribution in [3.05, 3.63) is 95.5 Å². The van der Waals surface area contributed by atoms with E-state index in [1.807, 2.05) is 18.2 Å². The molecule has 3 nitrogen and oxygen atoms in total. The van der Waals surface area contributed by atoms with E-state index in [0.29, 0.717) is 0 Å². The van der Waals surface area contributed by atoms with Gasteiger partial charge in [0.2, 0.25) is 11.2 Å². The van der Waals surface area contributed by atoms with Crippen molar-refractivity contribution in [3.63, 3.8) is 0 Å². The summed E-state index contributed by atoms with van der Waals surface area (Å²) in [7, 11) is 3.85. The average Bonchev–Trinajstić information content (AvgIpc) is 3.09. The van der Waals surface area contributed by atoms with Crippen molar-refractivity contribution in [2.75, 3.05) is 19.1 Å². The van der Waals surface area contributed by atoms with Crippen LogP contribution in [0, 0.1) is 0 Å². The van der Waals surface area contributed by atoms with Crippen LogP contribution in [0.2, 0.25) is 0 Å². The van der Waals surface area contributed by atoms with Crippen LogP contribution in [0.3, 0.4) is 0 Å². The molecule has 0 bridgehead atoms. The Bertz CT molecular complexity index is 1230. The molecule has 0 aliphatic carbocycles. The van der Waals surface area contributed by atoms with Crippen LogP contribution < -0.4 is 14.2 Å². The van der Waals surface area contributed by atoms with E-state index in [-0.39, 0.29) is 0 Å². The topological polar surface area (TPSA) is 16.4 Å². The second-order valence-corrected chi connectivity index (χ2v) is 8.00. The number of benzene rings is 3. The zero-order valence-corrected chi connectivity index (χ0v) is 17.2. The van der Waals surface area contributed by atoms with Gasteiger partial charge in [0, 0.05) is 35.7 Å². The lowest BCUT2D eigenvalue weighted by molar-refractivity contribution is -0.575. The highest BCUT2D eigenvalue weighted by atomic mass is 32.2. The first-order chi connectivity index (χ1) is 14.3. The molecular formula is C25H21N2OS+. The minimum absolute atomic E-state index is 0.810. The Kier molecular flexibility index (Phi) is 4.49. The van der Waals surface area contributed by atoms with Crippen LogP contribution in [0.25, 0.3) is 22.7 Å². The molecule has 3 aromatic carbocycles. The van der Waals surface area contributed by atoms with Gasteiger partial charge in [0.15, 0.2) is 0 Å². The number of aromatic nitrogens is 1. The number of anilines is 1. The maximum Gasteiger partial charge on any atom is 0.374 e. The fourth-order valence-corrected chi connectivity index (χ4v) is 4.90. The molecule has 0 unspecified atom stereocenters. The molecule has 0 amide bonds. The minimum atomic E-state index is 0.810. The molecule has 142 valence electrons. The smallest absolute Gasteiger partial charge is 0.374 e. The van der Waals surface area contributed by atoms with Crippen molar-refractivity contribution in [2.24, 2.45) is 0 Å². The van der Waals surface area contributed by atoms with E-state index >= 15 is 0 Å². The van der Waals surface area contributed by atoms with Crippen molar-refractivity contribution in [2.45, 2.75) is 4.90 Å². The summed E-state index contributed by atoms with van der Waals surface area (Å²) in [4.78, 5) is 3.53. The first-order valence-electron chi connectivity index (χ1n) is 9.56. The van der Waals surface area contributed by atoms with Crippen LogP contribution in [0.5, 0.6) is 5.88 Å². The summed E-state index contributed by atoms with van der Waals surface area (Å²) in [5.74, 6) is 0.810. The van der Waals surface area contributed by atoms with Crippen molar-refractivity contribution < 1.29 is 9.30 Å². The molecule has 2 heterocycles. The van der Waals surface area contributed by atoms with Crippen molar-refractivity contribution in [1.82, 2.24) is 0 Å². The number of nitrogens with zero attached hydrogens (tertiary/aromatic N) is 2. The molecule has 0 saturated carbocycles. The highest BCUT2D eigenvalue weighted by Crippen LogP contribution is 2.45. The van der Waals surface area contributed by atoms with E-state index in [1.165, 1.54) is 21.0 Å². The van der Waals surface area contributed by atoms with Crippen molar-refractivity contribution >= 4 is 34.4 Å². The molecule has 0 saturated heterocycles. The lowest BCUT2D eigenvalue weighted by Crippen LogP contribution is -2.33. The molecule has 4 heteroatoms. The minimum Gasteiger partial charge on any atom is -0.447 e. The van der Waals surface area contributed by atoms with E-state index < -0.39 is 0 Å². The highest BCUT2D eigenvalue weighted by Gasteiger charge is 2.25. The highest BCUT2D eigenvalue weighted by molar-refractivity contribution is 8.03. The monoisotopic (exact) mass is 397 g/mol. The average molecular weight is 398 g/mol. The van der Waals surface area contributed by atoms with Crippen LogP contribution in [-0.4, -0.2) is 14.2 Å². The fourth-order valence-electron chi connectivity index (χ4n) is 3.80. The van der Waals surface area contributed by atoms with Gasteiger partial charge < -0.3 is 9.64 Å². The first kappa shape index (κ1) is 17.8. The molecule has 0 fully saturated rings. The van der Waals surface area contributed by atoms with Gasteiger partial charge in [-0.1, -0.05) is 54.2 Å². The third-order valence-corrected chi connectivity index (χ3v) is 6.40. The van der Waals surface area contributed by atoms with Crippen molar-refractivity contribution in [1.29, 1.82) is 0 Å². The van der Waals surface area contributed by atoms with E-state index in [0.717, 1.165) is 22.6 Å². The first-order valence-corrected chi connectivity index (χ1v) is 10.4. The summed E-state index contributed by atoms with van der Waals surface area (Å²) in [6, 6.07) is 29.4. The van der Waals surface area contributed by atoms with E-state index in [4.69, 9.17) is 4.74 Å². The van der Waals surface area contributed by atoms with Gasteiger partial charge in [0.05, 0.1) is 29.3 Å². The molecule has 0 radical (unpaired) electrons. The summed E-state index contributed by atoms with van der Waals surface area (Å²) in [6.45, 7) is 0. The standard InChI is InChI=1S/C25H21N2OS/c1-26-22-14-8-9-15-23(22)29-25(26)17-18-16-24(28-2)27(19-10-4-3-5-11-19)21-13-7-6-12-20(18)21/h3-17H,1-2H3/q+1. The Labute approximate surface area is 174 Å². The Hall–Kier alpha value is -3.24. The molecule has 1 aliphatic rings. The van der Waals surface area contributed by atoms with Gasteiger partial charge in [-0.2, -0.15) is 0 Å². The van der Waals surface area contributed by atoms with Gasteiger partial charge in [-0.05, 0) is 24.3 Å². The third-order valence-electron chi connectivity index (χ3n) is 5.23. The van der Waals surface area contributed by atoms with Crippen LogP contribution in [0.1, 0.15) is 5.56 Å². The Balaban J connectivity index is 1.71. The molecule has 0 N–H and O–H groups in total. The van der Waals surface area contributed by atoms with Crippen LogP contribution >= 0.6 is 11.8 Å². The van der Waals surface area contributed by atoms with Gasteiger partial charge >= 0.3 is 5.88 Å². The van der Waals surface area contributed by atoms with Gasteiger partial charge in [-0.25, -0.2) is 0 Å². The molecule has 1 aliphatic heterocycles. The molecule has 4 aromatic rings. The number of hydrogen-bond acceptors (Lipinski definition) is 3. The maximum atomic E-state index is 5.81. The number of fused-ring (bicyclic) bond motifs is 2. The Morgan fingerprint density at radius 2 is 1.62 bits per heavy atom. The largest absolute Gasteiger partial charge is 0.447 e. The molecular weight excluding hydrogens is 376 g/mol. The quantitative estimate of drug-likeness (QED) is 0.415. The van der Waals surface area contributed by atoms with Crippen LogP contribution in [0.4, 0.5) is 5.69 Å². The van der Waals surface area contributed by atoms with Crippen molar-refractivity contribution in [3.8, 4) is 11.6 Å². The van der Waals surface area contributed by atoms with Gasteiger partial charge in [-0.15, -0.1) is 4.57 Å². The summed E-state index contributed by atoms with van der Waals surface area (Å²) >= 11 is 1.80. The zero-order valence-electron chi connectivity index (χ0n) is 16.4. The van der Waals surface area contributed by atoms with E-state index in [1.54, 1.807) is 18.9 Å². The summed E-state index contributed by atoms with van der Waals surface area (Å²) in [6.07, 6.45) is 2.25. The SMILES string of the molecule is COc1cc(C=C2Sc3ccccc3N2C)c2ccccc2[n+]1-c1ccccc1. The fraction of sp³-hybridized carbons (Fsp3) is 0.0800. The van der Waals surface area contributed by atoms with Gasteiger partial charge in [0.25, 0.3) is 0 Å². The lowest BCUT2D eigenvalue weighted by Gasteiger charge is -2.14. The molecule has 5 rings (SSSR count). The predicted molar refractivity (Wildman–Crippen MR) is 121 cm³/mol. The lowest BCUT2D eigenvalue weighted by atomic mass is 10.1. The second kappa shape index (κ2) is 7.30. The Morgan fingerprint density at radius 1 is 0.897 bits per heavy atom. The molecule has 1 aromatic heterocycles. The molecule has 0 atom stereocenters. The van der Waals surface area contributed by atoms with E-state index in [2.05, 4.69) is 89.3 Å². The summed E-state index contributed by atoms with van der Waals surface area (Å²) in [5, 5.41) is 2.39. The number of hydrogen-bond donors (Lipinski definition) is 0. The summed E-state index contributed by atoms with van der Waals surface area (Å²) in [5.41, 5.74) is 4.59. The third kappa shape index (κ3) is 3.06. The molecule has 29 heavy (non-hydrogen) atoms. The number of ether oxygens (including phenoxy) is 1. The molecule has 0 spiro atoms. The van der Waals surface area contributed by atoms with Gasteiger partial charge in [-0.3, -0.25) is 0 Å². The second-order valence-electron chi connectivity index (χ2n) is 6.94. The summed E-state index contributed by atoms with van der Waals surface area (Å²) < 4.78 is 7.98.